The number of ether oxygens (including phenoxy) is 1. The Balaban J connectivity index is 1.82. The van der Waals surface area contributed by atoms with Gasteiger partial charge in [0.1, 0.15) is 5.75 Å². The van der Waals surface area contributed by atoms with E-state index in [1.54, 1.807) is 7.11 Å². The fraction of sp³-hybridized carbons (Fsp3) is 0.619. The summed E-state index contributed by atoms with van der Waals surface area (Å²) in [6.07, 6.45) is 2.27. The average molecular weight is 373 g/mol. The number of hydrogen-bond donors (Lipinski definition) is 0. The first kappa shape index (κ1) is 19.7. The molecule has 2 amide bonds. The molecule has 2 fully saturated rings. The molecule has 0 saturated carbocycles. The molecule has 3 rings (SSSR count). The minimum Gasteiger partial charge on any atom is -0.497 e. The Kier molecular flexibility index (Phi) is 6.05. The predicted octanol–water partition coefficient (Wildman–Crippen LogP) is 2.16. The van der Waals surface area contributed by atoms with Gasteiger partial charge in [-0.15, -0.1) is 0 Å². The third-order valence-electron chi connectivity index (χ3n) is 6.13. The zero-order valence-corrected chi connectivity index (χ0v) is 16.9. The fourth-order valence-electron chi connectivity index (χ4n) is 4.42. The van der Waals surface area contributed by atoms with Gasteiger partial charge in [0.05, 0.1) is 19.1 Å². The van der Waals surface area contributed by atoms with E-state index in [4.69, 9.17) is 4.74 Å². The third-order valence-corrected chi connectivity index (χ3v) is 6.13. The lowest BCUT2D eigenvalue weighted by molar-refractivity contribution is -0.138. The molecule has 6 nitrogen and oxygen atoms in total. The van der Waals surface area contributed by atoms with Gasteiger partial charge in [-0.1, -0.05) is 12.1 Å². The lowest BCUT2D eigenvalue weighted by atomic mass is 9.91. The van der Waals surface area contributed by atoms with Crippen molar-refractivity contribution < 1.29 is 14.3 Å². The Morgan fingerprint density at radius 1 is 1.22 bits per heavy atom. The highest BCUT2D eigenvalue weighted by molar-refractivity contribution is 5.90. The quantitative estimate of drug-likeness (QED) is 0.794. The molecule has 0 radical (unpaired) electrons. The summed E-state index contributed by atoms with van der Waals surface area (Å²) >= 11 is 0. The zero-order valence-electron chi connectivity index (χ0n) is 16.9. The van der Waals surface area contributed by atoms with Gasteiger partial charge in [0, 0.05) is 26.1 Å². The molecule has 27 heavy (non-hydrogen) atoms. The number of hydrogen-bond acceptors (Lipinski definition) is 4. The highest BCUT2D eigenvalue weighted by atomic mass is 16.5. The van der Waals surface area contributed by atoms with E-state index < -0.39 is 0 Å². The SMILES string of the molecule is CCN1C(=O)C[C@@H](C(=O)N(C)C2CCN(C)CC2)[C@@H]1c1ccc(OC)cc1. The molecule has 6 heteroatoms. The number of methoxy groups -OCH3 is 1. The molecule has 0 N–H and O–H groups in total. The standard InChI is InChI=1S/C21H31N3O3/c1-5-24-19(25)14-18(20(24)15-6-8-17(27-4)9-7-15)21(26)23(3)16-10-12-22(2)13-11-16/h6-9,16,18,20H,5,10-14H2,1-4H3/t18-,20+/m1/s1. The van der Waals surface area contributed by atoms with Crippen LogP contribution in [0.15, 0.2) is 24.3 Å². The van der Waals surface area contributed by atoms with Crippen molar-refractivity contribution in [2.45, 2.75) is 38.3 Å². The van der Waals surface area contributed by atoms with E-state index in [1.807, 2.05) is 48.0 Å². The maximum absolute atomic E-state index is 13.3. The lowest BCUT2D eigenvalue weighted by Gasteiger charge is -2.37. The van der Waals surface area contributed by atoms with Crippen LogP contribution in [0, 0.1) is 5.92 Å². The number of carbonyl (C=O) groups excluding carboxylic acids is 2. The summed E-state index contributed by atoms with van der Waals surface area (Å²) in [5.74, 6) is 0.607. The van der Waals surface area contributed by atoms with Crippen LogP contribution < -0.4 is 4.74 Å². The Hall–Kier alpha value is -2.08. The highest BCUT2D eigenvalue weighted by Gasteiger charge is 2.45. The summed E-state index contributed by atoms with van der Waals surface area (Å²) in [6.45, 7) is 4.60. The summed E-state index contributed by atoms with van der Waals surface area (Å²) in [5.41, 5.74) is 0.999. The minimum atomic E-state index is -0.324. The second-order valence-electron chi connectivity index (χ2n) is 7.69. The number of carbonyl (C=O) groups is 2. The summed E-state index contributed by atoms with van der Waals surface area (Å²) in [4.78, 5) is 32.0. The van der Waals surface area contributed by atoms with Gasteiger partial charge in [-0.3, -0.25) is 9.59 Å². The van der Waals surface area contributed by atoms with E-state index in [-0.39, 0.29) is 29.8 Å². The van der Waals surface area contributed by atoms with Crippen molar-refractivity contribution in [2.75, 3.05) is 40.8 Å². The second-order valence-corrected chi connectivity index (χ2v) is 7.69. The van der Waals surface area contributed by atoms with Gasteiger partial charge >= 0.3 is 0 Å². The van der Waals surface area contributed by atoms with Gasteiger partial charge in [-0.2, -0.15) is 0 Å². The molecule has 2 saturated heterocycles. The van der Waals surface area contributed by atoms with Crippen LogP contribution in [0.4, 0.5) is 0 Å². The maximum atomic E-state index is 13.3. The Bertz CT molecular complexity index is 668. The molecule has 2 heterocycles. The molecule has 148 valence electrons. The van der Waals surface area contributed by atoms with Gasteiger partial charge in [-0.05, 0) is 57.6 Å². The second kappa shape index (κ2) is 8.30. The molecule has 2 atom stereocenters. The van der Waals surface area contributed by atoms with Gasteiger partial charge in [0.2, 0.25) is 11.8 Å². The number of piperidine rings is 1. The van der Waals surface area contributed by atoms with Crippen LogP contribution in [0.2, 0.25) is 0 Å². The third kappa shape index (κ3) is 3.95. The van der Waals surface area contributed by atoms with Crippen molar-refractivity contribution in [3.63, 3.8) is 0 Å². The van der Waals surface area contributed by atoms with Crippen LogP contribution in [0.3, 0.4) is 0 Å². The van der Waals surface area contributed by atoms with Gasteiger partial charge in [0.25, 0.3) is 0 Å². The number of benzene rings is 1. The summed E-state index contributed by atoms with van der Waals surface area (Å²) in [5, 5.41) is 0. The molecule has 0 aromatic heterocycles. The monoisotopic (exact) mass is 373 g/mol. The fourth-order valence-corrected chi connectivity index (χ4v) is 4.42. The van der Waals surface area contributed by atoms with E-state index in [0.29, 0.717) is 13.0 Å². The number of amides is 2. The molecule has 0 unspecified atom stereocenters. The molecule has 0 aliphatic carbocycles. The maximum Gasteiger partial charge on any atom is 0.228 e. The average Bonchev–Trinajstić information content (AvgIpc) is 3.03. The van der Waals surface area contributed by atoms with E-state index in [0.717, 1.165) is 37.2 Å². The van der Waals surface area contributed by atoms with E-state index >= 15 is 0 Å². The Morgan fingerprint density at radius 3 is 2.41 bits per heavy atom. The molecular formula is C21H31N3O3. The van der Waals surface area contributed by atoms with Crippen molar-refractivity contribution in [3.8, 4) is 5.75 Å². The van der Waals surface area contributed by atoms with Crippen molar-refractivity contribution in [3.05, 3.63) is 29.8 Å². The molecule has 0 bridgehead atoms. The minimum absolute atomic E-state index is 0.0634. The Labute approximate surface area is 162 Å². The lowest BCUT2D eigenvalue weighted by Crippen LogP contribution is -2.47. The first-order valence-electron chi connectivity index (χ1n) is 9.84. The smallest absolute Gasteiger partial charge is 0.228 e. The van der Waals surface area contributed by atoms with Crippen LogP contribution in [0.25, 0.3) is 0 Å². The summed E-state index contributed by atoms with van der Waals surface area (Å²) < 4.78 is 5.25. The summed E-state index contributed by atoms with van der Waals surface area (Å²) in [6, 6.07) is 7.80. The first-order valence-corrected chi connectivity index (χ1v) is 9.84. The number of nitrogens with zero attached hydrogens (tertiary/aromatic N) is 3. The summed E-state index contributed by atoms with van der Waals surface area (Å²) in [7, 11) is 5.66. The van der Waals surface area contributed by atoms with Crippen LogP contribution in [-0.2, 0) is 9.59 Å². The van der Waals surface area contributed by atoms with Crippen LogP contribution >= 0.6 is 0 Å². The largest absolute Gasteiger partial charge is 0.497 e. The van der Waals surface area contributed by atoms with Gasteiger partial charge < -0.3 is 19.4 Å². The van der Waals surface area contributed by atoms with E-state index in [2.05, 4.69) is 11.9 Å². The normalized spacial score (nSPS) is 24.3. The Morgan fingerprint density at radius 2 is 1.85 bits per heavy atom. The molecule has 1 aromatic rings. The molecular weight excluding hydrogens is 342 g/mol. The first-order chi connectivity index (χ1) is 13.0. The van der Waals surface area contributed by atoms with Crippen molar-refractivity contribution in [2.24, 2.45) is 5.92 Å². The zero-order chi connectivity index (χ0) is 19.6. The van der Waals surface area contributed by atoms with E-state index in [9.17, 15) is 9.59 Å². The van der Waals surface area contributed by atoms with Crippen molar-refractivity contribution in [1.82, 2.24) is 14.7 Å². The van der Waals surface area contributed by atoms with E-state index in [1.165, 1.54) is 0 Å². The molecule has 2 aliphatic heterocycles. The topological polar surface area (TPSA) is 53.1 Å². The van der Waals surface area contributed by atoms with Crippen LogP contribution in [-0.4, -0.2) is 73.4 Å². The molecule has 1 aromatic carbocycles. The van der Waals surface area contributed by atoms with Gasteiger partial charge in [0.15, 0.2) is 0 Å². The number of likely N-dealkylation sites (tertiary alicyclic amines) is 2. The van der Waals surface area contributed by atoms with Crippen LogP contribution in [0.1, 0.15) is 37.8 Å². The molecule has 2 aliphatic rings. The predicted molar refractivity (Wildman–Crippen MR) is 105 cm³/mol. The van der Waals surface area contributed by atoms with Crippen LogP contribution in [0.5, 0.6) is 5.75 Å². The van der Waals surface area contributed by atoms with Crippen molar-refractivity contribution >= 4 is 11.8 Å². The van der Waals surface area contributed by atoms with Gasteiger partial charge in [-0.25, -0.2) is 0 Å². The van der Waals surface area contributed by atoms with Crippen molar-refractivity contribution in [1.29, 1.82) is 0 Å². The molecule has 0 spiro atoms. The highest BCUT2D eigenvalue weighted by Crippen LogP contribution is 2.40. The number of rotatable bonds is 5.